The van der Waals surface area contributed by atoms with E-state index in [1.165, 1.54) is 12.1 Å². The predicted molar refractivity (Wildman–Crippen MR) is 183 cm³/mol. The van der Waals surface area contributed by atoms with Crippen LogP contribution in [0.1, 0.15) is 26.3 Å². The van der Waals surface area contributed by atoms with Crippen LogP contribution in [0.3, 0.4) is 0 Å². The molecule has 5 rings (SSSR count). The van der Waals surface area contributed by atoms with Gasteiger partial charge in [-0.2, -0.15) is 0 Å². The molecular formula is C34H47N3O18. The Morgan fingerprint density at radius 2 is 1.25 bits per heavy atom. The molecule has 3 saturated heterocycles. The van der Waals surface area contributed by atoms with Gasteiger partial charge in [-0.15, -0.1) is 0 Å². The number of aryl methyl sites for hydroxylation is 1. The van der Waals surface area contributed by atoms with Gasteiger partial charge >= 0.3 is 5.63 Å². The van der Waals surface area contributed by atoms with E-state index in [4.69, 9.17) is 28.1 Å². The number of nitrogens with zero attached hydrogens (tertiary/aromatic N) is 1. The predicted octanol–water partition coefficient (Wildman–Crippen LogP) is -4.81. The molecule has 3 fully saturated rings. The summed E-state index contributed by atoms with van der Waals surface area (Å²) in [6.45, 7) is 2.38. The summed E-state index contributed by atoms with van der Waals surface area (Å²) in [5.41, 5.74) is -0.120. The van der Waals surface area contributed by atoms with E-state index in [2.05, 4.69) is 10.6 Å². The molecule has 21 heteroatoms. The van der Waals surface area contributed by atoms with Gasteiger partial charge < -0.3 is 84.5 Å². The Morgan fingerprint density at radius 1 is 0.727 bits per heavy atom. The average molecular weight is 786 g/mol. The van der Waals surface area contributed by atoms with E-state index < -0.39 is 135 Å². The minimum atomic E-state index is -1.92. The summed E-state index contributed by atoms with van der Waals surface area (Å²) < 4.78 is 34.5. The summed E-state index contributed by atoms with van der Waals surface area (Å²) in [4.78, 5) is 50.7. The summed E-state index contributed by atoms with van der Waals surface area (Å²) in [6.07, 6.45) is -20.2. The van der Waals surface area contributed by atoms with Crippen LogP contribution in [0.4, 0.5) is 5.69 Å². The van der Waals surface area contributed by atoms with Crippen LogP contribution in [-0.2, 0) is 38.1 Å². The van der Waals surface area contributed by atoms with Crippen molar-refractivity contribution in [2.75, 3.05) is 24.7 Å². The number of benzene rings is 1. The summed E-state index contributed by atoms with van der Waals surface area (Å²) in [5.74, 6) is -2.09. The summed E-state index contributed by atoms with van der Waals surface area (Å²) >= 11 is 0. The zero-order chi connectivity index (χ0) is 40.5. The summed E-state index contributed by atoms with van der Waals surface area (Å²) in [7, 11) is 0. The minimum absolute atomic E-state index is 0.0734. The second-order valence-electron chi connectivity index (χ2n) is 13.6. The molecule has 1 aromatic carbocycles. The molecule has 306 valence electrons. The molecule has 21 nitrogen and oxygen atoms in total. The third kappa shape index (κ3) is 8.83. The van der Waals surface area contributed by atoms with Crippen LogP contribution in [-0.4, -0.2) is 170 Å². The first kappa shape index (κ1) is 42.5. The van der Waals surface area contributed by atoms with Crippen molar-refractivity contribution in [3.8, 4) is 0 Å². The van der Waals surface area contributed by atoms with E-state index in [0.29, 0.717) is 10.9 Å². The molecule has 1 unspecified atom stereocenters. The molecule has 3 aliphatic rings. The molecule has 3 amide bonds. The van der Waals surface area contributed by atoms with E-state index in [1.54, 1.807) is 19.1 Å². The summed E-state index contributed by atoms with van der Waals surface area (Å²) in [5, 5.41) is 91.3. The highest BCUT2D eigenvalue weighted by molar-refractivity contribution is 5.94. The molecular weight excluding hydrogens is 738 g/mol. The monoisotopic (exact) mass is 785 g/mol. The maximum Gasteiger partial charge on any atom is 0.339 e. The smallest absolute Gasteiger partial charge is 0.339 e. The fourth-order valence-corrected chi connectivity index (χ4v) is 7.07. The van der Waals surface area contributed by atoms with Crippen molar-refractivity contribution in [2.45, 2.75) is 120 Å². The number of carbonyl (C=O) groups is 3. The fourth-order valence-electron chi connectivity index (χ4n) is 7.07. The van der Waals surface area contributed by atoms with Gasteiger partial charge in [0.15, 0.2) is 18.9 Å². The third-order valence-electron chi connectivity index (χ3n) is 9.70. The molecule has 15 atom stereocenters. The van der Waals surface area contributed by atoms with Crippen LogP contribution in [0.15, 0.2) is 33.5 Å². The number of ether oxygens (including phenoxy) is 5. The van der Waals surface area contributed by atoms with Crippen molar-refractivity contribution in [3.63, 3.8) is 0 Å². The Labute approximate surface area is 312 Å². The quantitative estimate of drug-likeness (QED) is 0.0956. The van der Waals surface area contributed by atoms with Gasteiger partial charge in [0.2, 0.25) is 17.7 Å². The number of nitrogens with one attached hydrogen (secondary N) is 2. The fraction of sp³-hybridized carbons (Fsp3) is 0.647. The Hall–Kier alpha value is -3.68. The van der Waals surface area contributed by atoms with Crippen LogP contribution in [0.2, 0.25) is 0 Å². The van der Waals surface area contributed by atoms with Gasteiger partial charge in [0.05, 0.1) is 19.8 Å². The van der Waals surface area contributed by atoms with Gasteiger partial charge in [-0.05, 0) is 25.1 Å². The number of aliphatic hydroxyl groups is 8. The first-order valence-electron chi connectivity index (χ1n) is 17.4. The van der Waals surface area contributed by atoms with Crippen LogP contribution < -0.4 is 21.2 Å². The highest BCUT2D eigenvalue weighted by atomic mass is 16.7. The van der Waals surface area contributed by atoms with Crippen molar-refractivity contribution in [1.29, 1.82) is 0 Å². The maximum atomic E-state index is 13.1. The van der Waals surface area contributed by atoms with Crippen molar-refractivity contribution < 1.29 is 83.3 Å². The Kier molecular flexibility index (Phi) is 13.6. The third-order valence-corrected chi connectivity index (χ3v) is 9.70. The Morgan fingerprint density at radius 3 is 1.80 bits per heavy atom. The van der Waals surface area contributed by atoms with Gasteiger partial charge in [-0.25, -0.2) is 4.79 Å². The van der Waals surface area contributed by atoms with Gasteiger partial charge in [0, 0.05) is 43.5 Å². The lowest BCUT2D eigenvalue weighted by atomic mass is 9.93. The van der Waals surface area contributed by atoms with Gasteiger partial charge in [0.25, 0.3) is 0 Å². The largest absolute Gasteiger partial charge is 0.422 e. The number of hydrogen-bond acceptors (Lipinski definition) is 18. The molecule has 0 aliphatic carbocycles. The van der Waals surface area contributed by atoms with E-state index >= 15 is 0 Å². The molecule has 3 aliphatic heterocycles. The van der Waals surface area contributed by atoms with Crippen molar-refractivity contribution in [1.82, 2.24) is 10.6 Å². The normalized spacial score (nSPS) is 36.6. The maximum absolute atomic E-state index is 13.1. The Bertz CT molecular complexity index is 1740. The van der Waals surface area contributed by atoms with Crippen LogP contribution in [0, 0.1) is 6.92 Å². The minimum Gasteiger partial charge on any atom is -0.422 e. The van der Waals surface area contributed by atoms with E-state index in [1.807, 2.05) is 0 Å². The lowest BCUT2D eigenvalue weighted by Gasteiger charge is -2.50. The van der Waals surface area contributed by atoms with Crippen LogP contribution >= 0.6 is 0 Å². The standard InChI is InChI=1S/C34H47N3O18/c1-12-7-16-5-6-17(8-18(16)50-31(12)48)37(15(4)43)24-28(47)30(20(10-39)51-32(24)49)55-34-23(36-14(3)42)27(46)29(21(11-40)53-34)54-33-22(35-13(2)41)26(45)25(44)19(9-38)52-33/h5-8,19-30,32-34,38-40,44-47,49H,9-11H2,1-4H3,(H,35,41)(H,36,42)/t19-,20-,21-,22-,23-,24-,25-,26-,27-,28-,29-,30-,32?,33+,34+/m1/s1. The van der Waals surface area contributed by atoms with Crippen molar-refractivity contribution in [3.05, 3.63) is 40.2 Å². The summed E-state index contributed by atoms with van der Waals surface area (Å²) in [6, 6.07) is 1.29. The lowest BCUT2D eigenvalue weighted by Crippen LogP contribution is -2.71. The zero-order valence-electron chi connectivity index (χ0n) is 30.2. The zero-order valence-corrected chi connectivity index (χ0v) is 30.2. The van der Waals surface area contributed by atoms with Gasteiger partial charge in [0.1, 0.15) is 78.6 Å². The van der Waals surface area contributed by atoms with Gasteiger partial charge in [-0.1, -0.05) is 0 Å². The number of fused-ring (bicyclic) bond motifs is 1. The topological polar surface area (TPSA) is 317 Å². The molecule has 0 radical (unpaired) electrons. The number of aliphatic hydroxyl groups excluding tert-OH is 8. The highest BCUT2D eigenvalue weighted by Crippen LogP contribution is 2.35. The van der Waals surface area contributed by atoms with Crippen LogP contribution in [0.25, 0.3) is 11.0 Å². The number of anilines is 1. The number of hydrogen-bond donors (Lipinski definition) is 10. The number of amides is 3. The molecule has 10 N–H and O–H groups in total. The molecule has 0 spiro atoms. The van der Waals surface area contributed by atoms with Crippen molar-refractivity contribution in [2.24, 2.45) is 0 Å². The SMILES string of the molecule is CC(=O)N[C@H]1[C@H](O[C@H]2[C@H](O)[C@@H](N(C(C)=O)c3ccc4cc(C)c(=O)oc4c3)C(O)O[C@@H]2CO)O[C@H](CO)[C@@H](O[C@@H]2O[C@H](CO)[C@@H](O)[C@H](O)[C@H]2NC(C)=O)[C@@H]1O. The lowest BCUT2D eigenvalue weighted by molar-refractivity contribution is -0.350. The number of rotatable bonds is 11. The molecule has 2 aromatic rings. The van der Waals surface area contributed by atoms with E-state index in [9.17, 15) is 60.0 Å². The Balaban J connectivity index is 1.45. The first-order chi connectivity index (χ1) is 26.0. The average Bonchev–Trinajstić information content (AvgIpc) is 3.12. The molecule has 4 heterocycles. The van der Waals surface area contributed by atoms with E-state index in [-0.39, 0.29) is 11.3 Å². The molecule has 55 heavy (non-hydrogen) atoms. The van der Waals surface area contributed by atoms with Crippen LogP contribution in [0.5, 0.6) is 0 Å². The van der Waals surface area contributed by atoms with Gasteiger partial charge in [-0.3, -0.25) is 14.4 Å². The second kappa shape index (κ2) is 17.6. The highest BCUT2D eigenvalue weighted by Gasteiger charge is 2.55. The van der Waals surface area contributed by atoms with E-state index in [0.717, 1.165) is 25.7 Å². The second-order valence-corrected chi connectivity index (χ2v) is 13.6. The number of carbonyl (C=O) groups excluding carboxylic acids is 3. The first-order valence-corrected chi connectivity index (χ1v) is 17.4. The van der Waals surface area contributed by atoms with Crippen molar-refractivity contribution >= 4 is 34.4 Å². The molecule has 1 aromatic heterocycles. The molecule has 0 bridgehead atoms. The molecule has 0 saturated carbocycles.